The van der Waals surface area contributed by atoms with Crippen molar-refractivity contribution in [3.63, 3.8) is 0 Å². The maximum atomic E-state index is 11.2. The number of hydrogen-bond donors (Lipinski definition) is 2. The maximum Gasteiger partial charge on any atom is 0.322 e. The number of nitrogens with two attached hydrogens (primary N) is 1. The van der Waals surface area contributed by atoms with E-state index >= 15 is 0 Å². The van der Waals surface area contributed by atoms with E-state index < -0.39 is 6.04 Å². The molecule has 0 amide bonds. The van der Waals surface area contributed by atoms with Crippen LogP contribution >= 0.6 is 0 Å². The molecule has 4 nitrogen and oxygen atoms in total. The van der Waals surface area contributed by atoms with Gasteiger partial charge in [0.15, 0.2) is 0 Å². The van der Waals surface area contributed by atoms with Crippen LogP contribution in [0.5, 0.6) is 5.75 Å². The Morgan fingerprint density at radius 3 is 2.62 bits per heavy atom. The van der Waals surface area contributed by atoms with Crippen molar-refractivity contribution in [3.05, 3.63) is 29.8 Å². The molecular weight excluding hydrogens is 206 g/mol. The molecule has 1 aromatic rings. The fourth-order valence-corrected chi connectivity index (χ4v) is 1.35. The van der Waals surface area contributed by atoms with Crippen LogP contribution in [0.3, 0.4) is 0 Å². The van der Waals surface area contributed by atoms with Gasteiger partial charge in [0.1, 0.15) is 11.8 Å². The van der Waals surface area contributed by atoms with Crippen LogP contribution in [0.15, 0.2) is 24.3 Å². The predicted molar refractivity (Wildman–Crippen MR) is 61.0 cm³/mol. The molecular formula is C12H17NO3. The molecule has 0 aliphatic carbocycles. The average Bonchev–Trinajstić information content (AvgIpc) is 2.28. The minimum atomic E-state index is -0.575. The summed E-state index contributed by atoms with van der Waals surface area (Å²) in [5.41, 5.74) is 6.70. The van der Waals surface area contributed by atoms with E-state index in [1.165, 1.54) is 0 Å². The summed E-state index contributed by atoms with van der Waals surface area (Å²) >= 11 is 0. The summed E-state index contributed by atoms with van der Waals surface area (Å²) < 4.78 is 4.81. The summed E-state index contributed by atoms with van der Waals surface area (Å²) in [6.45, 7) is 2.11. The quantitative estimate of drug-likeness (QED) is 0.736. The normalized spacial score (nSPS) is 12.1. The molecule has 0 aliphatic rings. The average molecular weight is 223 g/mol. The first-order valence-electron chi connectivity index (χ1n) is 5.33. The highest BCUT2D eigenvalue weighted by atomic mass is 16.5. The number of esters is 1. The predicted octanol–water partition coefficient (Wildman–Crippen LogP) is 1.22. The molecule has 16 heavy (non-hydrogen) atoms. The lowest BCUT2D eigenvalue weighted by Crippen LogP contribution is -2.32. The van der Waals surface area contributed by atoms with Crippen LogP contribution in [0.4, 0.5) is 0 Å². The number of rotatable bonds is 5. The molecule has 0 saturated heterocycles. The van der Waals surface area contributed by atoms with Crippen molar-refractivity contribution in [1.29, 1.82) is 0 Å². The minimum absolute atomic E-state index is 0.235. The highest BCUT2D eigenvalue weighted by Gasteiger charge is 2.13. The number of aromatic hydroxyl groups is 1. The van der Waals surface area contributed by atoms with E-state index in [9.17, 15) is 4.79 Å². The molecule has 3 N–H and O–H groups in total. The zero-order chi connectivity index (χ0) is 12.0. The van der Waals surface area contributed by atoms with Crippen LogP contribution in [0.1, 0.15) is 18.9 Å². The molecule has 0 saturated carbocycles. The smallest absolute Gasteiger partial charge is 0.322 e. The van der Waals surface area contributed by atoms with Gasteiger partial charge in [0.2, 0.25) is 0 Å². The fourth-order valence-electron chi connectivity index (χ4n) is 1.35. The first-order chi connectivity index (χ1) is 7.63. The lowest BCUT2D eigenvalue weighted by Gasteiger charge is -2.10. The Bertz CT molecular complexity index is 335. The fraction of sp³-hybridized carbons (Fsp3) is 0.417. The van der Waals surface area contributed by atoms with Crippen molar-refractivity contribution < 1.29 is 14.6 Å². The second-order valence-electron chi connectivity index (χ2n) is 3.56. The Hall–Kier alpha value is -1.55. The number of ether oxygens (including phenoxy) is 1. The van der Waals surface area contributed by atoms with E-state index in [0.29, 0.717) is 19.4 Å². The summed E-state index contributed by atoms with van der Waals surface area (Å²) in [6.07, 6.45) is 1.24. The van der Waals surface area contributed by atoms with Gasteiger partial charge in [-0.3, -0.25) is 4.79 Å². The standard InChI is InChI=1S/C12H17NO3/c1-2-16-12(15)11(13)8-5-9-3-6-10(14)7-4-9/h3-4,6-7,11,14H,2,5,8,13H2,1H3/t11-/m0/s1. The lowest BCUT2D eigenvalue weighted by atomic mass is 10.1. The van der Waals surface area contributed by atoms with Gasteiger partial charge < -0.3 is 15.6 Å². The third kappa shape index (κ3) is 3.90. The van der Waals surface area contributed by atoms with Crippen LogP contribution in [0.25, 0.3) is 0 Å². The second-order valence-corrected chi connectivity index (χ2v) is 3.56. The largest absolute Gasteiger partial charge is 0.508 e. The molecule has 0 radical (unpaired) electrons. The number of aryl methyl sites for hydroxylation is 1. The van der Waals surface area contributed by atoms with Crippen LogP contribution in [0.2, 0.25) is 0 Å². The summed E-state index contributed by atoms with van der Waals surface area (Å²) in [7, 11) is 0. The number of hydrogen-bond acceptors (Lipinski definition) is 4. The van der Waals surface area contributed by atoms with Crippen molar-refractivity contribution in [2.24, 2.45) is 5.73 Å². The van der Waals surface area contributed by atoms with Crippen molar-refractivity contribution in [3.8, 4) is 5.75 Å². The van der Waals surface area contributed by atoms with Crippen molar-refractivity contribution in [2.45, 2.75) is 25.8 Å². The van der Waals surface area contributed by atoms with Crippen LogP contribution in [0, 0.1) is 0 Å². The molecule has 0 unspecified atom stereocenters. The van der Waals surface area contributed by atoms with Crippen molar-refractivity contribution >= 4 is 5.97 Å². The number of phenols is 1. The third-order valence-electron chi connectivity index (χ3n) is 2.27. The Kier molecular flexibility index (Phi) is 4.79. The van der Waals surface area contributed by atoms with Gasteiger partial charge in [-0.1, -0.05) is 12.1 Å². The molecule has 0 fully saturated rings. The summed E-state index contributed by atoms with van der Waals surface area (Å²) in [5.74, 6) is -0.125. The van der Waals surface area contributed by atoms with Crippen molar-refractivity contribution in [2.75, 3.05) is 6.61 Å². The third-order valence-corrected chi connectivity index (χ3v) is 2.27. The van der Waals surface area contributed by atoms with Gasteiger partial charge >= 0.3 is 5.97 Å². The molecule has 0 heterocycles. The summed E-state index contributed by atoms with van der Waals surface area (Å²) in [4.78, 5) is 11.2. The molecule has 1 atom stereocenters. The Balaban J connectivity index is 2.39. The molecule has 1 rings (SSSR count). The number of carbonyl (C=O) groups excluding carboxylic acids is 1. The van der Waals surface area contributed by atoms with Crippen LogP contribution in [-0.4, -0.2) is 23.7 Å². The monoisotopic (exact) mass is 223 g/mol. The Morgan fingerprint density at radius 2 is 2.06 bits per heavy atom. The van der Waals surface area contributed by atoms with Gasteiger partial charge in [-0.05, 0) is 37.5 Å². The molecule has 0 bridgehead atoms. The van der Waals surface area contributed by atoms with Crippen LogP contribution < -0.4 is 5.73 Å². The Morgan fingerprint density at radius 1 is 1.44 bits per heavy atom. The van der Waals surface area contributed by atoms with Gasteiger partial charge in [-0.2, -0.15) is 0 Å². The van der Waals surface area contributed by atoms with E-state index in [2.05, 4.69) is 0 Å². The highest BCUT2D eigenvalue weighted by molar-refractivity contribution is 5.75. The zero-order valence-electron chi connectivity index (χ0n) is 9.35. The van der Waals surface area contributed by atoms with Gasteiger partial charge in [0, 0.05) is 0 Å². The second kappa shape index (κ2) is 6.12. The van der Waals surface area contributed by atoms with Gasteiger partial charge in [0.05, 0.1) is 6.61 Å². The Labute approximate surface area is 95.0 Å². The molecule has 0 spiro atoms. The van der Waals surface area contributed by atoms with E-state index in [0.717, 1.165) is 5.56 Å². The van der Waals surface area contributed by atoms with E-state index in [1.807, 2.05) is 12.1 Å². The molecule has 0 aliphatic heterocycles. The number of benzene rings is 1. The van der Waals surface area contributed by atoms with Gasteiger partial charge in [-0.25, -0.2) is 0 Å². The van der Waals surface area contributed by atoms with Gasteiger partial charge in [0.25, 0.3) is 0 Å². The molecule has 88 valence electrons. The highest BCUT2D eigenvalue weighted by Crippen LogP contribution is 2.11. The minimum Gasteiger partial charge on any atom is -0.508 e. The van der Waals surface area contributed by atoms with Gasteiger partial charge in [-0.15, -0.1) is 0 Å². The maximum absolute atomic E-state index is 11.2. The van der Waals surface area contributed by atoms with E-state index in [1.54, 1.807) is 19.1 Å². The van der Waals surface area contributed by atoms with Crippen LogP contribution in [-0.2, 0) is 16.0 Å². The summed E-state index contributed by atoms with van der Waals surface area (Å²) in [5, 5.41) is 9.09. The summed E-state index contributed by atoms with van der Waals surface area (Å²) in [6, 6.07) is 6.28. The zero-order valence-corrected chi connectivity index (χ0v) is 9.35. The molecule has 1 aromatic carbocycles. The number of carbonyl (C=O) groups is 1. The first-order valence-corrected chi connectivity index (χ1v) is 5.33. The molecule has 4 heteroatoms. The van der Waals surface area contributed by atoms with Crippen molar-refractivity contribution in [1.82, 2.24) is 0 Å². The van der Waals surface area contributed by atoms with E-state index in [4.69, 9.17) is 15.6 Å². The lowest BCUT2D eigenvalue weighted by molar-refractivity contribution is -0.144. The topological polar surface area (TPSA) is 72.5 Å². The first kappa shape index (κ1) is 12.5. The SMILES string of the molecule is CCOC(=O)[C@@H](N)CCc1ccc(O)cc1. The molecule has 0 aromatic heterocycles. The number of phenolic OH excluding ortho intramolecular Hbond substituents is 1. The van der Waals surface area contributed by atoms with E-state index in [-0.39, 0.29) is 11.7 Å².